The number of fused-ring (bicyclic) bond motifs is 1. The van der Waals surface area contributed by atoms with Crippen LogP contribution in [0.4, 0.5) is 5.13 Å². The van der Waals surface area contributed by atoms with Crippen molar-refractivity contribution >= 4 is 32.9 Å². The summed E-state index contributed by atoms with van der Waals surface area (Å²) in [4.78, 5) is 4.51. The largest absolute Gasteiger partial charge is 0.490 e. The smallest absolute Gasteiger partial charge is 0.204 e. The first-order chi connectivity index (χ1) is 14.7. The Bertz CT molecular complexity index is 1120. The number of hydrazone groups is 1. The molecule has 0 saturated carbocycles. The third-order valence-electron chi connectivity index (χ3n) is 4.45. The van der Waals surface area contributed by atoms with Gasteiger partial charge >= 0.3 is 0 Å². The van der Waals surface area contributed by atoms with Crippen LogP contribution in [0.3, 0.4) is 0 Å². The van der Waals surface area contributed by atoms with Crippen molar-refractivity contribution in [2.24, 2.45) is 5.10 Å². The molecule has 0 aliphatic heterocycles. The lowest BCUT2D eigenvalue weighted by Gasteiger charge is -2.12. The molecule has 0 unspecified atom stereocenters. The quantitative estimate of drug-likeness (QED) is 0.281. The summed E-state index contributed by atoms with van der Waals surface area (Å²) in [7, 11) is 0. The highest BCUT2D eigenvalue weighted by molar-refractivity contribution is 7.22. The highest BCUT2D eigenvalue weighted by Gasteiger charge is 2.07. The standard InChI is InChI=1S/C24H23N3O2S/c1-3-28-22-14-19(12-13-21(22)29-16-18-10-8-17(2)9-11-18)15-25-27-24-26-20-6-4-5-7-23(20)30-24/h4-15H,3,16H2,1-2H3,(H,26,27)/b25-15-. The number of nitrogens with zero attached hydrogens (tertiary/aromatic N) is 2. The zero-order chi connectivity index (χ0) is 20.8. The molecular weight excluding hydrogens is 394 g/mol. The van der Waals surface area contributed by atoms with E-state index in [1.54, 1.807) is 17.6 Å². The molecule has 30 heavy (non-hydrogen) atoms. The Morgan fingerprint density at radius 3 is 2.63 bits per heavy atom. The van der Waals surface area contributed by atoms with Crippen molar-refractivity contribution in [3.8, 4) is 11.5 Å². The van der Waals surface area contributed by atoms with Crippen molar-refractivity contribution in [2.45, 2.75) is 20.5 Å². The van der Waals surface area contributed by atoms with Crippen LogP contribution in [-0.4, -0.2) is 17.8 Å². The van der Waals surface area contributed by atoms with E-state index in [0.29, 0.717) is 24.7 Å². The third kappa shape index (κ3) is 4.96. The summed E-state index contributed by atoms with van der Waals surface area (Å²) in [5.74, 6) is 1.42. The van der Waals surface area contributed by atoms with Crippen molar-refractivity contribution in [1.29, 1.82) is 0 Å². The van der Waals surface area contributed by atoms with E-state index in [0.717, 1.165) is 26.5 Å². The number of aryl methyl sites for hydroxylation is 1. The van der Waals surface area contributed by atoms with Crippen molar-refractivity contribution in [2.75, 3.05) is 12.0 Å². The predicted molar refractivity (Wildman–Crippen MR) is 124 cm³/mol. The van der Waals surface area contributed by atoms with Crippen LogP contribution in [0.1, 0.15) is 23.6 Å². The summed E-state index contributed by atoms with van der Waals surface area (Å²) in [5.41, 5.74) is 7.24. The van der Waals surface area contributed by atoms with Gasteiger partial charge in [0.15, 0.2) is 11.5 Å². The van der Waals surface area contributed by atoms with E-state index in [1.807, 2.05) is 49.4 Å². The molecule has 4 aromatic rings. The van der Waals surface area contributed by atoms with Gasteiger partial charge in [-0.15, -0.1) is 0 Å². The first-order valence-electron chi connectivity index (χ1n) is 9.81. The van der Waals surface area contributed by atoms with E-state index in [1.165, 1.54) is 5.56 Å². The first-order valence-corrected chi connectivity index (χ1v) is 10.6. The van der Waals surface area contributed by atoms with Crippen LogP contribution >= 0.6 is 11.3 Å². The Hall–Kier alpha value is -3.38. The van der Waals surface area contributed by atoms with E-state index in [9.17, 15) is 0 Å². The Balaban J connectivity index is 1.43. The van der Waals surface area contributed by atoms with Crippen LogP contribution in [0.2, 0.25) is 0 Å². The molecule has 1 heterocycles. The van der Waals surface area contributed by atoms with Crippen LogP contribution in [0.5, 0.6) is 11.5 Å². The fourth-order valence-electron chi connectivity index (χ4n) is 2.92. The fourth-order valence-corrected chi connectivity index (χ4v) is 3.74. The van der Waals surface area contributed by atoms with E-state index in [4.69, 9.17) is 9.47 Å². The van der Waals surface area contributed by atoms with E-state index < -0.39 is 0 Å². The molecule has 1 aromatic heterocycles. The second kappa shape index (κ2) is 9.41. The van der Waals surface area contributed by atoms with Gasteiger partial charge in [0.05, 0.1) is 23.0 Å². The van der Waals surface area contributed by atoms with Gasteiger partial charge in [-0.2, -0.15) is 5.10 Å². The van der Waals surface area contributed by atoms with Gasteiger partial charge in [-0.1, -0.05) is 53.3 Å². The zero-order valence-corrected chi connectivity index (χ0v) is 17.8. The van der Waals surface area contributed by atoms with Gasteiger partial charge in [-0.25, -0.2) is 4.98 Å². The molecule has 0 spiro atoms. The summed E-state index contributed by atoms with van der Waals surface area (Å²) in [5, 5.41) is 5.08. The second-order valence-corrected chi connectivity index (χ2v) is 7.80. The number of nitrogens with one attached hydrogen (secondary N) is 1. The molecule has 6 heteroatoms. The van der Waals surface area contributed by atoms with Crippen molar-refractivity contribution in [3.63, 3.8) is 0 Å². The molecule has 0 aliphatic rings. The van der Waals surface area contributed by atoms with Crippen LogP contribution in [0.25, 0.3) is 10.2 Å². The molecule has 0 atom stereocenters. The molecule has 0 bridgehead atoms. The number of aromatic nitrogens is 1. The summed E-state index contributed by atoms with van der Waals surface area (Å²) >= 11 is 1.57. The van der Waals surface area contributed by atoms with Crippen molar-refractivity contribution < 1.29 is 9.47 Å². The van der Waals surface area contributed by atoms with Crippen molar-refractivity contribution in [3.05, 3.63) is 83.4 Å². The number of hydrogen-bond acceptors (Lipinski definition) is 6. The minimum absolute atomic E-state index is 0.493. The Kier molecular flexibility index (Phi) is 6.25. The first kappa shape index (κ1) is 19.9. The van der Waals surface area contributed by atoms with Crippen LogP contribution in [0, 0.1) is 6.92 Å². The topological polar surface area (TPSA) is 55.7 Å². The molecule has 0 aliphatic carbocycles. The molecule has 1 N–H and O–H groups in total. The van der Waals surface area contributed by atoms with Gasteiger partial charge in [0.25, 0.3) is 0 Å². The Morgan fingerprint density at radius 1 is 1.00 bits per heavy atom. The normalized spacial score (nSPS) is 11.1. The minimum atomic E-state index is 0.493. The van der Waals surface area contributed by atoms with Gasteiger partial charge in [0.1, 0.15) is 6.61 Å². The number of thiazole rings is 1. The number of para-hydroxylation sites is 1. The molecule has 3 aromatic carbocycles. The highest BCUT2D eigenvalue weighted by atomic mass is 32.1. The average molecular weight is 418 g/mol. The molecule has 5 nitrogen and oxygen atoms in total. The van der Waals surface area contributed by atoms with Gasteiger partial charge in [-0.05, 0) is 55.3 Å². The lowest BCUT2D eigenvalue weighted by molar-refractivity contribution is 0.269. The zero-order valence-electron chi connectivity index (χ0n) is 17.0. The molecule has 152 valence electrons. The molecule has 0 fully saturated rings. The number of rotatable bonds is 8. The van der Waals surface area contributed by atoms with Gasteiger partial charge < -0.3 is 9.47 Å². The lowest BCUT2D eigenvalue weighted by atomic mass is 10.2. The summed E-state index contributed by atoms with van der Waals surface area (Å²) < 4.78 is 12.9. The van der Waals surface area contributed by atoms with E-state index >= 15 is 0 Å². The highest BCUT2D eigenvalue weighted by Crippen LogP contribution is 2.29. The minimum Gasteiger partial charge on any atom is -0.490 e. The third-order valence-corrected chi connectivity index (χ3v) is 5.39. The summed E-state index contributed by atoms with van der Waals surface area (Å²) in [6.45, 7) is 5.08. The van der Waals surface area contributed by atoms with Crippen molar-refractivity contribution in [1.82, 2.24) is 4.98 Å². The number of anilines is 1. The van der Waals surface area contributed by atoms with Crippen LogP contribution in [0.15, 0.2) is 71.8 Å². The lowest BCUT2D eigenvalue weighted by Crippen LogP contribution is -2.00. The maximum Gasteiger partial charge on any atom is 0.204 e. The molecule has 4 rings (SSSR count). The average Bonchev–Trinajstić information content (AvgIpc) is 3.17. The van der Waals surface area contributed by atoms with E-state index in [-0.39, 0.29) is 0 Å². The fraction of sp³-hybridized carbons (Fsp3) is 0.167. The number of hydrogen-bond donors (Lipinski definition) is 1. The molecule has 0 saturated heterocycles. The predicted octanol–water partition coefficient (Wildman–Crippen LogP) is 6.03. The Morgan fingerprint density at radius 2 is 1.83 bits per heavy atom. The summed E-state index contributed by atoms with van der Waals surface area (Å²) in [6.07, 6.45) is 1.75. The maximum atomic E-state index is 5.98. The summed E-state index contributed by atoms with van der Waals surface area (Å²) in [6, 6.07) is 22.1. The van der Waals surface area contributed by atoms with Crippen LogP contribution < -0.4 is 14.9 Å². The SMILES string of the molecule is CCOc1cc(/C=N\Nc2nc3ccccc3s2)ccc1OCc1ccc(C)cc1. The molecule has 0 radical (unpaired) electrons. The second-order valence-electron chi connectivity index (χ2n) is 6.77. The monoisotopic (exact) mass is 417 g/mol. The maximum absolute atomic E-state index is 5.98. The van der Waals surface area contributed by atoms with Gasteiger partial charge in [-0.3, -0.25) is 5.43 Å². The molecule has 0 amide bonds. The van der Waals surface area contributed by atoms with Crippen LogP contribution in [-0.2, 0) is 6.61 Å². The van der Waals surface area contributed by atoms with Gasteiger partial charge in [0.2, 0.25) is 5.13 Å². The number of ether oxygens (including phenoxy) is 2. The molecular formula is C24H23N3O2S. The Labute approximate surface area is 180 Å². The number of benzene rings is 3. The van der Waals surface area contributed by atoms with Gasteiger partial charge in [0, 0.05) is 0 Å². The van der Waals surface area contributed by atoms with E-state index in [2.05, 4.69) is 46.7 Å².